The van der Waals surface area contributed by atoms with Crippen LogP contribution >= 0.6 is 0 Å². The van der Waals surface area contributed by atoms with E-state index in [1.54, 1.807) is 6.92 Å². The third-order valence-corrected chi connectivity index (χ3v) is 2.19. The molecule has 0 bridgehead atoms. The van der Waals surface area contributed by atoms with Crippen LogP contribution in [0.25, 0.3) is 0 Å². The molecule has 1 heterocycles. The molecule has 0 fully saturated rings. The molecule has 14 heavy (non-hydrogen) atoms. The summed E-state index contributed by atoms with van der Waals surface area (Å²) in [5.74, 6) is 1.93. The lowest BCUT2D eigenvalue weighted by Gasteiger charge is -2.20. The van der Waals surface area contributed by atoms with Crippen molar-refractivity contribution in [3.05, 3.63) is 23.7 Å². The maximum Gasteiger partial charge on any atom is 0.131 e. The lowest BCUT2D eigenvalue weighted by Crippen LogP contribution is -2.21. The number of rotatable bonds is 4. The Hall–Kier alpha value is -1.09. The predicted octanol–water partition coefficient (Wildman–Crippen LogP) is 2.17. The van der Waals surface area contributed by atoms with Crippen LogP contribution in [-0.2, 0) is 4.79 Å². The van der Waals surface area contributed by atoms with Crippen LogP contribution in [0.2, 0.25) is 0 Å². The van der Waals surface area contributed by atoms with Gasteiger partial charge in [-0.1, -0.05) is 0 Å². The molecular weight excluding hydrogens is 178 g/mol. The molecule has 0 saturated carbocycles. The van der Waals surface area contributed by atoms with E-state index in [1.165, 1.54) is 0 Å². The lowest BCUT2D eigenvalue weighted by atomic mass is 10.1. The molecule has 3 heteroatoms. The second kappa shape index (κ2) is 4.42. The minimum atomic E-state index is 0.0567. The number of nitrogens with zero attached hydrogens (tertiary/aromatic N) is 1. The molecular formula is C11H17NO2. The molecule has 0 radical (unpaired) electrons. The number of hydrogen-bond acceptors (Lipinski definition) is 3. The first-order valence-electron chi connectivity index (χ1n) is 4.73. The Kier molecular flexibility index (Phi) is 3.47. The van der Waals surface area contributed by atoms with Gasteiger partial charge in [-0.3, -0.25) is 9.69 Å². The number of aryl methyl sites for hydroxylation is 1. The largest absolute Gasteiger partial charge is 0.465 e. The third-order valence-electron chi connectivity index (χ3n) is 2.19. The molecule has 3 nitrogen and oxygen atoms in total. The van der Waals surface area contributed by atoms with E-state index in [0.717, 1.165) is 11.5 Å². The second-order valence-electron chi connectivity index (χ2n) is 3.83. The normalized spacial score (nSPS) is 13.2. The zero-order valence-corrected chi connectivity index (χ0v) is 9.20. The van der Waals surface area contributed by atoms with Gasteiger partial charge >= 0.3 is 0 Å². The van der Waals surface area contributed by atoms with E-state index in [2.05, 4.69) is 0 Å². The van der Waals surface area contributed by atoms with Crippen molar-refractivity contribution in [3.63, 3.8) is 0 Å². The van der Waals surface area contributed by atoms with Crippen molar-refractivity contribution in [1.29, 1.82) is 0 Å². The van der Waals surface area contributed by atoms with E-state index in [1.807, 2.05) is 38.1 Å². The van der Waals surface area contributed by atoms with Crippen LogP contribution in [-0.4, -0.2) is 24.8 Å². The summed E-state index contributed by atoms with van der Waals surface area (Å²) in [6.07, 6.45) is 0.500. The molecule has 1 atom stereocenters. The molecule has 1 rings (SSSR count). The van der Waals surface area contributed by atoms with Gasteiger partial charge in [0, 0.05) is 6.42 Å². The summed E-state index contributed by atoms with van der Waals surface area (Å²) in [6.45, 7) is 3.51. The van der Waals surface area contributed by atoms with Crippen molar-refractivity contribution >= 4 is 5.78 Å². The maximum absolute atomic E-state index is 11.1. The van der Waals surface area contributed by atoms with Crippen LogP contribution in [0.15, 0.2) is 16.5 Å². The van der Waals surface area contributed by atoms with Crippen molar-refractivity contribution in [2.24, 2.45) is 0 Å². The first-order valence-corrected chi connectivity index (χ1v) is 4.73. The van der Waals surface area contributed by atoms with E-state index in [9.17, 15) is 4.79 Å². The summed E-state index contributed by atoms with van der Waals surface area (Å²) in [4.78, 5) is 13.1. The quantitative estimate of drug-likeness (QED) is 0.738. The fourth-order valence-corrected chi connectivity index (χ4v) is 1.44. The van der Waals surface area contributed by atoms with Crippen LogP contribution in [0.3, 0.4) is 0 Å². The average Bonchev–Trinajstić information content (AvgIpc) is 2.46. The fraction of sp³-hybridized carbons (Fsp3) is 0.545. The minimum absolute atomic E-state index is 0.0567. The van der Waals surface area contributed by atoms with E-state index in [0.29, 0.717) is 6.42 Å². The molecule has 0 N–H and O–H groups in total. The van der Waals surface area contributed by atoms with Crippen LogP contribution < -0.4 is 0 Å². The summed E-state index contributed by atoms with van der Waals surface area (Å²) in [6, 6.07) is 3.91. The Balaban J connectivity index is 2.82. The SMILES string of the molecule is CC(=O)CC(c1ccc(C)o1)N(C)C. The number of ketones is 1. The van der Waals surface area contributed by atoms with Gasteiger partial charge in [0.15, 0.2) is 0 Å². The highest BCUT2D eigenvalue weighted by Crippen LogP contribution is 2.23. The van der Waals surface area contributed by atoms with Crippen molar-refractivity contribution in [1.82, 2.24) is 4.90 Å². The molecule has 0 saturated heterocycles. The van der Waals surface area contributed by atoms with Gasteiger partial charge < -0.3 is 4.42 Å². The highest BCUT2D eigenvalue weighted by molar-refractivity contribution is 5.76. The monoisotopic (exact) mass is 195 g/mol. The summed E-state index contributed by atoms with van der Waals surface area (Å²) >= 11 is 0. The van der Waals surface area contributed by atoms with Gasteiger partial charge in [-0.25, -0.2) is 0 Å². The Morgan fingerprint density at radius 1 is 1.50 bits per heavy atom. The Morgan fingerprint density at radius 2 is 2.14 bits per heavy atom. The topological polar surface area (TPSA) is 33.5 Å². The minimum Gasteiger partial charge on any atom is -0.465 e. The van der Waals surface area contributed by atoms with Crippen LogP contribution in [0.5, 0.6) is 0 Å². The highest BCUT2D eigenvalue weighted by atomic mass is 16.3. The van der Waals surface area contributed by atoms with Crippen LogP contribution in [0.4, 0.5) is 0 Å². The molecule has 0 spiro atoms. The van der Waals surface area contributed by atoms with Gasteiger partial charge in [0.05, 0.1) is 6.04 Å². The first kappa shape index (κ1) is 11.0. The van der Waals surface area contributed by atoms with Crippen molar-refractivity contribution in [3.8, 4) is 0 Å². The van der Waals surface area contributed by atoms with Crippen LogP contribution in [0, 0.1) is 6.92 Å². The van der Waals surface area contributed by atoms with E-state index < -0.39 is 0 Å². The number of hydrogen-bond donors (Lipinski definition) is 0. The molecule has 78 valence electrons. The number of carbonyl (C=O) groups excluding carboxylic acids is 1. The molecule has 1 aromatic heterocycles. The Labute approximate surface area is 84.7 Å². The molecule has 0 aliphatic carbocycles. The summed E-state index contributed by atoms with van der Waals surface area (Å²) < 4.78 is 5.51. The van der Waals surface area contributed by atoms with E-state index in [4.69, 9.17) is 4.42 Å². The van der Waals surface area contributed by atoms with Crippen molar-refractivity contribution < 1.29 is 9.21 Å². The summed E-state index contributed by atoms with van der Waals surface area (Å²) in [5, 5.41) is 0. The van der Waals surface area contributed by atoms with Gasteiger partial charge in [-0.05, 0) is 40.1 Å². The first-order chi connectivity index (χ1) is 6.50. The lowest BCUT2D eigenvalue weighted by molar-refractivity contribution is -0.118. The van der Waals surface area contributed by atoms with Gasteiger partial charge in [0.2, 0.25) is 0 Å². The third kappa shape index (κ3) is 2.70. The molecule has 0 aromatic carbocycles. The van der Waals surface area contributed by atoms with Crippen molar-refractivity contribution in [2.75, 3.05) is 14.1 Å². The number of furan rings is 1. The Bertz CT molecular complexity index is 315. The highest BCUT2D eigenvalue weighted by Gasteiger charge is 2.19. The van der Waals surface area contributed by atoms with Crippen molar-refractivity contribution in [2.45, 2.75) is 26.3 Å². The summed E-state index contributed by atoms with van der Waals surface area (Å²) in [7, 11) is 3.90. The fourth-order valence-electron chi connectivity index (χ4n) is 1.44. The molecule has 1 aromatic rings. The van der Waals surface area contributed by atoms with Gasteiger partial charge in [-0.2, -0.15) is 0 Å². The van der Waals surface area contributed by atoms with E-state index in [-0.39, 0.29) is 11.8 Å². The predicted molar refractivity (Wildman–Crippen MR) is 55.2 cm³/mol. The molecule has 1 unspecified atom stereocenters. The van der Waals surface area contributed by atoms with Crippen LogP contribution in [0.1, 0.15) is 30.9 Å². The molecule has 0 aliphatic heterocycles. The van der Waals surface area contributed by atoms with Gasteiger partial charge in [0.1, 0.15) is 17.3 Å². The van der Waals surface area contributed by atoms with Gasteiger partial charge in [0.25, 0.3) is 0 Å². The maximum atomic E-state index is 11.1. The van der Waals surface area contributed by atoms with Gasteiger partial charge in [-0.15, -0.1) is 0 Å². The smallest absolute Gasteiger partial charge is 0.131 e. The Morgan fingerprint density at radius 3 is 2.50 bits per heavy atom. The standard InChI is InChI=1S/C11H17NO2/c1-8(13)7-10(12(3)4)11-6-5-9(2)14-11/h5-6,10H,7H2,1-4H3. The number of Topliss-reactive ketones (excluding diaryl/α,β-unsaturated/α-hetero) is 1. The molecule has 0 aliphatic rings. The molecule has 0 amide bonds. The zero-order valence-electron chi connectivity index (χ0n) is 9.20. The number of carbonyl (C=O) groups is 1. The summed E-state index contributed by atoms with van der Waals surface area (Å²) in [5.41, 5.74) is 0. The zero-order chi connectivity index (χ0) is 10.7. The van der Waals surface area contributed by atoms with E-state index >= 15 is 0 Å². The second-order valence-corrected chi connectivity index (χ2v) is 3.83. The average molecular weight is 195 g/mol.